The Bertz CT molecular complexity index is 607. The van der Waals surface area contributed by atoms with Crippen LogP contribution in [0.25, 0.3) is 0 Å². The maximum atomic E-state index is 13.5. The predicted octanol–water partition coefficient (Wildman–Crippen LogP) is 6.35. The molecule has 0 unspecified atom stereocenters. The van der Waals surface area contributed by atoms with Gasteiger partial charge >= 0.3 is 0 Å². The SMILES string of the molecule is Fc1cc(F)c(SSc2cc(Cl)c(F)cc2F)cc1Cl. The lowest BCUT2D eigenvalue weighted by molar-refractivity contribution is 0.565. The molecule has 0 saturated heterocycles. The van der Waals surface area contributed by atoms with Crippen LogP contribution in [0.3, 0.4) is 0 Å². The molecule has 0 aliphatic heterocycles. The van der Waals surface area contributed by atoms with E-state index in [0.717, 1.165) is 33.7 Å². The topological polar surface area (TPSA) is 0 Å². The number of hydrogen-bond acceptors (Lipinski definition) is 2. The third kappa shape index (κ3) is 3.55. The summed E-state index contributed by atoms with van der Waals surface area (Å²) >= 11 is 11.1. The van der Waals surface area contributed by atoms with Crippen molar-refractivity contribution in [2.45, 2.75) is 9.79 Å². The molecule has 20 heavy (non-hydrogen) atoms. The average Bonchev–Trinajstić information content (AvgIpc) is 2.37. The molecular formula is C12H4Cl2F4S2. The Balaban J connectivity index is 2.21. The highest BCUT2D eigenvalue weighted by Gasteiger charge is 2.13. The molecule has 8 heteroatoms. The molecule has 2 rings (SSSR count). The normalized spacial score (nSPS) is 10.9. The fourth-order valence-corrected chi connectivity index (χ4v) is 3.78. The van der Waals surface area contributed by atoms with Crippen LogP contribution in [0.5, 0.6) is 0 Å². The van der Waals surface area contributed by atoms with E-state index in [-0.39, 0.29) is 19.8 Å². The molecule has 0 nitrogen and oxygen atoms in total. The Kier molecular flexibility index (Phi) is 5.12. The molecule has 0 aliphatic carbocycles. The molecule has 0 aliphatic rings. The van der Waals surface area contributed by atoms with E-state index >= 15 is 0 Å². The third-order valence-electron chi connectivity index (χ3n) is 2.17. The van der Waals surface area contributed by atoms with E-state index in [1.165, 1.54) is 0 Å². The first kappa shape index (κ1) is 15.8. The first-order valence-electron chi connectivity index (χ1n) is 5.02. The van der Waals surface area contributed by atoms with Crippen LogP contribution in [-0.4, -0.2) is 0 Å². The van der Waals surface area contributed by atoms with Crippen molar-refractivity contribution >= 4 is 44.8 Å². The van der Waals surface area contributed by atoms with Crippen molar-refractivity contribution in [1.82, 2.24) is 0 Å². The van der Waals surface area contributed by atoms with E-state index < -0.39 is 23.3 Å². The Morgan fingerprint density at radius 3 is 1.30 bits per heavy atom. The Morgan fingerprint density at radius 1 is 0.600 bits per heavy atom. The van der Waals surface area contributed by atoms with Crippen molar-refractivity contribution in [3.63, 3.8) is 0 Å². The van der Waals surface area contributed by atoms with E-state index in [0.29, 0.717) is 12.1 Å². The molecule has 0 amide bonds. The maximum Gasteiger partial charge on any atom is 0.144 e. The maximum absolute atomic E-state index is 13.5. The predicted molar refractivity (Wildman–Crippen MR) is 74.5 cm³/mol. The average molecular weight is 359 g/mol. The van der Waals surface area contributed by atoms with Gasteiger partial charge in [0.2, 0.25) is 0 Å². The van der Waals surface area contributed by atoms with Gasteiger partial charge in [0, 0.05) is 12.1 Å². The minimum Gasteiger partial charge on any atom is -0.206 e. The summed E-state index contributed by atoms with van der Waals surface area (Å²) in [5.41, 5.74) is 0. The fraction of sp³-hybridized carbons (Fsp3) is 0. The Labute approximate surface area is 129 Å². The second-order valence-electron chi connectivity index (χ2n) is 3.56. The zero-order chi connectivity index (χ0) is 14.9. The number of hydrogen-bond donors (Lipinski definition) is 0. The van der Waals surface area contributed by atoms with Gasteiger partial charge < -0.3 is 0 Å². The van der Waals surface area contributed by atoms with Crippen molar-refractivity contribution in [2.24, 2.45) is 0 Å². The molecule has 0 bridgehead atoms. The highest BCUT2D eigenvalue weighted by atomic mass is 35.5. The van der Waals surface area contributed by atoms with E-state index in [1.54, 1.807) is 0 Å². The monoisotopic (exact) mass is 358 g/mol. The third-order valence-corrected chi connectivity index (χ3v) is 5.15. The number of rotatable bonds is 3. The summed E-state index contributed by atoms with van der Waals surface area (Å²) in [6.45, 7) is 0. The summed E-state index contributed by atoms with van der Waals surface area (Å²) in [5, 5.41) is -0.487. The Hall–Kier alpha value is -0.560. The molecule has 0 atom stereocenters. The molecule has 0 N–H and O–H groups in total. The van der Waals surface area contributed by atoms with Crippen LogP contribution >= 0.6 is 44.8 Å². The molecule has 2 aromatic rings. The van der Waals surface area contributed by atoms with Crippen LogP contribution in [0.1, 0.15) is 0 Å². The van der Waals surface area contributed by atoms with Gasteiger partial charge in [-0.3, -0.25) is 0 Å². The van der Waals surface area contributed by atoms with Crippen LogP contribution in [0, 0.1) is 23.3 Å². The van der Waals surface area contributed by atoms with E-state index in [4.69, 9.17) is 23.2 Å². The molecule has 0 heterocycles. The largest absolute Gasteiger partial charge is 0.206 e. The van der Waals surface area contributed by atoms with Crippen LogP contribution in [0.4, 0.5) is 17.6 Å². The van der Waals surface area contributed by atoms with Crippen molar-refractivity contribution in [2.75, 3.05) is 0 Å². The van der Waals surface area contributed by atoms with Gasteiger partial charge in [-0.1, -0.05) is 23.2 Å². The summed E-state index contributed by atoms with van der Waals surface area (Å²) in [6.07, 6.45) is 0. The van der Waals surface area contributed by atoms with Crippen molar-refractivity contribution in [3.8, 4) is 0 Å². The quantitative estimate of drug-likeness (QED) is 0.356. The number of halogens is 6. The van der Waals surface area contributed by atoms with Crippen molar-refractivity contribution in [1.29, 1.82) is 0 Å². The zero-order valence-corrected chi connectivity index (χ0v) is 12.5. The summed E-state index contributed by atoms with van der Waals surface area (Å²) in [6, 6.07) is 3.46. The van der Waals surface area contributed by atoms with Gasteiger partial charge in [0.1, 0.15) is 23.3 Å². The number of benzene rings is 2. The molecular weight excluding hydrogens is 355 g/mol. The zero-order valence-electron chi connectivity index (χ0n) is 9.39. The van der Waals surface area contributed by atoms with E-state index in [1.807, 2.05) is 0 Å². The summed E-state index contributed by atoms with van der Waals surface area (Å²) in [4.78, 5) is 0.0579. The van der Waals surface area contributed by atoms with Gasteiger partial charge in [0.05, 0.1) is 19.8 Å². The van der Waals surface area contributed by atoms with Crippen LogP contribution in [-0.2, 0) is 0 Å². The standard InChI is InChI=1S/C12H4Cl2F4S2/c13-5-1-11(9(17)3-7(5)15)19-20-12-2-6(14)8(16)4-10(12)18/h1-4H. The first-order valence-corrected chi connectivity index (χ1v) is 7.92. The lowest BCUT2D eigenvalue weighted by Gasteiger charge is -2.06. The highest BCUT2D eigenvalue weighted by Crippen LogP contribution is 2.42. The second-order valence-corrected chi connectivity index (χ2v) is 6.59. The molecule has 0 saturated carbocycles. The van der Waals surface area contributed by atoms with E-state index in [9.17, 15) is 17.6 Å². The summed E-state index contributed by atoms with van der Waals surface area (Å²) < 4.78 is 52.9. The first-order chi connectivity index (χ1) is 9.38. The fourth-order valence-electron chi connectivity index (χ4n) is 1.23. The molecule has 106 valence electrons. The lowest BCUT2D eigenvalue weighted by Crippen LogP contribution is -1.86. The van der Waals surface area contributed by atoms with Gasteiger partial charge in [-0.2, -0.15) is 0 Å². The van der Waals surface area contributed by atoms with Crippen molar-refractivity contribution in [3.05, 3.63) is 57.6 Å². The van der Waals surface area contributed by atoms with Gasteiger partial charge in [0.25, 0.3) is 0 Å². The molecule has 0 fully saturated rings. The van der Waals surface area contributed by atoms with Crippen LogP contribution in [0.15, 0.2) is 34.1 Å². The van der Waals surface area contributed by atoms with Gasteiger partial charge in [-0.15, -0.1) is 0 Å². The minimum atomic E-state index is -0.880. The van der Waals surface area contributed by atoms with Gasteiger partial charge in [-0.05, 0) is 33.7 Å². The summed E-state index contributed by atoms with van der Waals surface area (Å²) in [5.74, 6) is -3.40. The molecule has 0 aromatic heterocycles. The van der Waals surface area contributed by atoms with Gasteiger partial charge in [-0.25, -0.2) is 17.6 Å². The molecule has 0 spiro atoms. The van der Waals surface area contributed by atoms with Crippen LogP contribution in [0.2, 0.25) is 10.0 Å². The molecule has 2 aromatic carbocycles. The minimum absolute atomic E-state index is 0.0289. The lowest BCUT2D eigenvalue weighted by atomic mass is 10.3. The highest BCUT2D eigenvalue weighted by molar-refractivity contribution is 8.76. The second kappa shape index (κ2) is 6.47. The van der Waals surface area contributed by atoms with Crippen LogP contribution < -0.4 is 0 Å². The van der Waals surface area contributed by atoms with Gasteiger partial charge in [0.15, 0.2) is 0 Å². The molecule has 0 radical (unpaired) electrons. The van der Waals surface area contributed by atoms with E-state index in [2.05, 4.69) is 0 Å². The smallest absolute Gasteiger partial charge is 0.144 e. The Morgan fingerprint density at radius 2 is 0.950 bits per heavy atom. The van der Waals surface area contributed by atoms with Crippen molar-refractivity contribution < 1.29 is 17.6 Å². The summed E-state index contributed by atoms with van der Waals surface area (Å²) in [7, 11) is 1.64.